The van der Waals surface area contributed by atoms with Crippen molar-refractivity contribution in [2.45, 2.75) is 13.3 Å². The molecule has 1 aromatic carbocycles. The van der Waals surface area contributed by atoms with Crippen LogP contribution in [0.1, 0.15) is 13.3 Å². The first kappa shape index (κ1) is 15.9. The first-order valence-electron chi connectivity index (χ1n) is 6.15. The molecule has 1 rings (SSSR count). The Morgan fingerprint density at radius 2 is 2.26 bits per heavy atom. The summed E-state index contributed by atoms with van der Waals surface area (Å²) in [5.74, 6) is -0.847. The number of hydrogen-bond donors (Lipinski definition) is 2. The maximum Gasteiger partial charge on any atom is 0.238 e. The van der Waals surface area contributed by atoms with E-state index in [2.05, 4.69) is 5.32 Å². The first-order valence-corrected chi connectivity index (χ1v) is 6.52. The highest BCUT2D eigenvalue weighted by molar-refractivity contribution is 6.30. The Morgan fingerprint density at radius 3 is 2.84 bits per heavy atom. The normalized spacial score (nSPS) is 10.8. The summed E-state index contributed by atoms with van der Waals surface area (Å²) in [4.78, 5) is 13.6. The Bertz CT molecular complexity index is 429. The second-order valence-corrected chi connectivity index (χ2v) is 4.55. The molecule has 0 saturated carbocycles. The van der Waals surface area contributed by atoms with Gasteiger partial charge in [-0.25, -0.2) is 4.39 Å². The molecular formula is C13H18ClFN2O2. The van der Waals surface area contributed by atoms with Gasteiger partial charge in [-0.05, 0) is 31.2 Å². The average molecular weight is 289 g/mol. The van der Waals surface area contributed by atoms with E-state index in [0.717, 1.165) is 6.07 Å². The van der Waals surface area contributed by atoms with E-state index in [-0.39, 0.29) is 29.8 Å². The van der Waals surface area contributed by atoms with Gasteiger partial charge in [0.25, 0.3) is 0 Å². The molecule has 0 aliphatic carbocycles. The summed E-state index contributed by atoms with van der Waals surface area (Å²) in [7, 11) is 0. The zero-order valence-corrected chi connectivity index (χ0v) is 11.6. The Labute approximate surface area is 117 Å². The summed E-state index contributed by atoms with van der Waals surface area (Å²) in [6.45, 7) is 3.50. The molecule has 0 radical (unpaired) electrons. The van der Waals surface area contributed by atoms with Gasteiger partial charge in [0.05, 0.1) is 12.2 Å². The molecule has 19 heavy (non-hydrogen) atoms. The number of hydrogen-bond acceptors (Lipinski definition) is 3. The van der Waals surface area contributed by atoms with Crippen molar-refractivity contribution in [3.05, 3.63) is 29.0 Å². The standard InChI is InChI=1S/C13H18ClFN2O2/c1-2-17(6-3-7-18)9-13(19)16-12-5-4-10(14)8-11(12)15/h4-5,8,18H,2-3,6-7,9H2,1H3,(H,16,19). The number of carbonyl (C=O) groups excluding carboxylic acids is 1. The second kappa shape index (κ2) is 8.09. The van der Waals surface area contributed by atoms with Crippen molar-refractivity contribution in [1.29, 1.82) is 0 Å². The molecule has 0 saturated heterocycles. The van der Waals surface area contributed by atoms with Gasteiger partial charge in [0, 0.05) is 18.2 Å². The molecule has 0 aliphatic heterocycles. The smallest absolute Gasteiger partial charge is 0.238 e. The number of carbonyl (C=O) groups is 1. The van der Waals surface area contributed by atoms with Crippen LogP contribution in [0, 0.1) is 5.82 Å². The maximum atomic E-state index is 13.5. The largest absolute Gasteiger partial charge is 0.396 e. The molecule has 106 valence electrons. The van der Waals surface area contributed by atoms with Crippen LogP contribution < -0.4 is 5.32 Å². The summed E-state index contributed by atoms with van der Waals surface area (Å²) in [5, 5.41) is 11.5. The van der Waals surface area contributed by atoms with E-state index in [0.29, 0.717) is 19.5 Å². The van der Waals surface area contributed by atoms with Crippen molar-refractivity contribution in [3.63, 3.8) is 0 Å². The molecule has 0 spiro atoms. The number of anilines is 1. The Kier molecular flexibility index (Phi) is 6.77. The van der Waals surface area contributed by atoms with E-state index in [1.54, 1.807) is 0 Å². The molecule has 1 aromatic rings. The highest BCUT2D eigenvalue weighted by Crippen LogP contribution is 2.18. The van der Waals surface area contributed by atoms with Crippen LogP contribution in [0.3, 0.4) is 0 Å². The monoisotopic (exact) mass is 288 g/mol. The highest BCUT2D eigenvalue weighted by atomic mass is 35.5. The fourth-order valence-electron chi connectivity index (χ4n) is 1.63. The van der Waals surface area contributed by atoms with Gasteiger partial charge in [-0.2, -0.15) is 0 Å². The predicted octanol–water partition coefficient (Wildman–Crippen LogP) is 2.12. The summed E-state index contributed by atoms with van der Waals surface area (Å²) < 4.78 is 13.5. The molecule has 0 atom stereocenters. The van der Waals surface area contributed by atoms with Gasteiger partial charge in [0.15, 0.2) is 0 Å². The maximum absolute atomic E-state index is 13.5. The van der Waals surface area contributed by atoms with Gasteiger partial charge in [-0.1, -0.05) is 18.5 Å². The number of nitrogens with zero attached hydrogens (tertiary/aromatic N) is 1. The zero-order chi connectivity index (χ0) is 14.3. The number of aliphatic hydroxyl groups is 1. The van der Waals surface area contributed by atoms with E-state index >= 15 is 0 Å². The van der Waals surface area contributed by atoms with E-state index in [4.69, 9.17) is 16.7 Å². The van der Waals surface area contributed by atoms with Gasteiger partial charge >= 0.3 is 0 Å². The number of halogens is 2. The lowest BCUT2D eigenvalue weighted by Gasteiger charge is -2.19. The third-order valence-corrected chi connectivity index (χ3v) is 2.89. The fraction of sp³-hybridized carbons (Fsp3) is 0.462. The summed E-state index contributed by atoms with van der Waals surface area (Å²) in [6, 6.07) is 4.10. The molecule has 2 N–H and O–H groups in total. The van der Waals surface area contributed by atoms with Gasteiger partial charge in [-0.15, -0.1) is 0 Å². The van der Waals surface area contributed by atoms with Gasteiger partial charge in [0.1, 0.15) is 5.82 Å². The minimum absolute atomic E-state index is 0.0872. The molecular weight excluding hydrogens is 271 g/mol. The van der Waals surface area contributed by atoms with E-state index < -0.39 is 5.82 Å². The molecule has 6 heteroatoms. The molecule has 1 amide bonds. The predicted molar refractivity (Wildman–Crippen MR) is 73.9 cm³/mol. The fourth-order valence-corrected chi connectivity index (χ4v) is 1.79. The van der Waals surface area contributed by atoms with Gasteiger partial charge < -0.3 is 10.4 Å². The van der Waals surface area contributed by atoms with E-state index in [9.17, 15) is 9.18 Å². The molecule has 0 fully saturated rings. The zero-order valence-electron chi connectivity index (χ0n) is 10.8. The third-order valence-electron chi connectivity index (χ3n) is 2.65. The van der Waals surface area contributed by atoms with E-state index in [1.807, 2.05) is 11.8 Å². The van der Waals surface area contributed by atoms with Crippen molar-refractivity contribution in [2.75, 3.05) is 31.6 Å². The first-order chi connectivity index (χ1) is 9.06. The van der Waals surface area contributed by atoms with E-state index in [1.165, 1.54) is 12.1 Å². The van der Waals surface area contributed by atoms with Crippen LogP contribution in [-0.2, 0) is 4.79 Å². The second-order valence-electron chi connectivity index (χ2n) is 4.12. The lowest BCUT2D eigenvalue weighted by Crippen LogP contribution is -2.34. The summed E-state index contributed by atoms with van der Waals surface area (Å²) >= 11 is 5.63. The molecule has 0 unspecified atom stereocenters. The molecule has 0 bridgehead atoms. The van der Waals surface area contributed by atoms with Crippen molar-refractivity contribution in [2.24, 2.45) is 0 Å². The van der Waals surface area contributed by atoms with Crippen LogP contribution >= 0.6 is 11.6 Å². The topological polar surface area (TPSA) is 52.6 Å². The third kappa shape index (κ3) is 5.55. The molecule has 0 aliphatic rings. The number of rotatable bonds is 7. The van der Waals surface area contributed by atoms with Crippen LogP contribution in [0.15, 0.2) is 18.2 Å². The lowest BCUT2D eigenvalue weighted by atomic mass is 10.3. The number of amides is 1. The van der Waals surface area contributed by atoms with Crippen LogP contribution in [-0.4, -0.2) is 42.2 Å². The number of aliphatic hydroxyl groups excluding tert-OH is 1. The van der Waals surface area contributed by atoms with Crippen molar-refractivity contribution in [3.8, 4) is 0 Å². The minimum Gasteiger partial charge on any atom is -0.396 e. The molecule has 4 nitrogen and oxygen atoms in total. The Hall–Kier alpha value is -1.17. The van der Waals surface area contributed by atoms with Crippen molar-refractivity contribution < 1.29 is 14.3 Å². The van der Waals surface area contributed by atoms with Gasteiger partial charge in [0.2, 0.25) is 5.91 Å². The Morgan fingerprint density at radius 1 is 1.53 bits per heavy atom. The van der Waals surface area contributed by atoms with Crippen LogP contribution in [0.25, 0.3) is 0 Å². The lowest BCUT2D eigenvalue weighted by molar-refractivity contribution is -0.117. The number of nitrogens with one attached hydrogen (secondary N) is 1. The summed E-state index contributed by atoms with van der Waals surface area (Å²) in [6.07, 6.45) is 0.608. The van der Waals surface area contributed by atoms with Crippen LogP contribution in [0.4, 0.5) is 10.1 Å². The van der Waals surface area contributed by atoms with Crippen LogP contribution in [0.2, 0.25) is 5.02 Å². The Balaban J connectivity index is 2.54. The molecule has 0 heterocycles. The minimum atomic E-state index is -0.556. The highest BCUT2D eigenvalue weighted by Gasteiger charge is 2.11. The van der Waals surface area contributed by atoms with Crippen molar-refractivity contribution in [1.82, 2.24) is 4.90 Å². The van der Waals surface area contributed by atoms with Gasteiger partial charge in [-0.3, -0.25) is 9.69 Å². The summed E-state index contributed by atoms with van der Waals surface area (Å²) in [5.41, 5.74) is 0.118. The number of benzene rings is 1. The number of likely N-dealkylation sites (N-methyl/N-ethyl adjacent to an activating group) is 1. The average Bonchev–Trinajstić information content (AvgIpc) is 2.38. The van der Waals surface area contributed by atoms with Crippen LogP contribution in [0.5, 0.6) is 0 Å². The molecule has 0 aromatic heterocycles. The SMILES string of the molecule is CCN(CCCO)CC(=O)Nc1ccc(Cl)cc1F. The quantitative estimate of drug-likeness (QED) is 0.808. The van der Waals surface area contributed by atoms with Crippen molar-refractivity contribution >= 4 is 23.2 Å².